The van der Waals surface area contributed by atoms with Crippen molar-refractivity contribution in [2.45, 2.75) is 0 Å². The first-order valence-corrected chi connectivity index (χ1v) is 4.24. The maximum absolute atomic E-state index is 11.2. The van der Waals surface area contributed by atoms with Gasteiger partial charge in [0.15, 0.2) is 0 Å². The van der Waals surface area contributed by atoms with Crippen molar-refractivity contribution in [2.75, 3.05) is 0 Å². The van der Waals surface area contributed by atoms with Crippen molar-refractivity contribution in [3.8, 4) is 0 Å². The number of H-pyrrole nitrogens is 1. The first-order chi connectivity index (χ1) is 6.16. The standard InChI is InChI=1S/C7H4BrN3O2/c8-4-1-2-5-9-6(12)10-7(13)11(5)3-4/h1-3H,(H,10,12,13). The monoisotopic (exact) mass is 241 g/mol. The minimum atomic E-state index is -0.632. The molecule has 0 unspecified atom stereocenters. The lowest BCUT2D eigenvalue weighted by Gasteiger charge is -1.97. The first kappa shape index (κ1) is 8.18. The second kappa shape index (κ2) is 2.81. The van der Waals surface area contributed by atoms with Gasteiger partial charge in [-0.3, -0.25) is 9.38 Å². The van der Waals surface area contributed by atoms with Gasteiger partial charge in [-0.2, -0.15) is 4.98 Å². The zero-order chi connectivity index (χ0) is 9.42. The predicted molar refractivity (Wildman–Crippen MR) is 49.8 cm³/mol. The van der Waals surface area contributed by atoms with Gasteiger partial charge in [-0.15, -0.1) is 0 Å². The minimum Gasteiger partial charge on any atom is -0.257 e. The molecule has 0 aliphatic rings. The normalized spacial score (nSPS) is 10.5. The molecule has 6 heteroatoms. The van der Waals surface area contributed by atoms with Crippen LogP contribution < -0.4 is 11.4 Å². The van der Waals surface area contributed by atoms with Crippen molar-refractivity contribution < 1.29 is 0 Å². The SMILES string of the molecule is O=c1nc2ccc(Br)cn2c(=O)[nH]1. The van der Waals surface area contributed by atoms with Gasteiger partial charge < -0.3 is 0 Å². The van der Waals surface area contributed by atoms with Crippen molar-refractivity contribution in [3.05, 3.63) is 43.8 Å². The Balaban J connectivity index is 3.04. The minimum absolute atomic E-state index is 0.331. The number of rotatable bonds is 0. The largest absolute Gasteiger partial charge is 0.351 e. The lowest BCUT2D eigenvalue weighted by Crippen LogP contribution is -2.28. The Bertz CT molecular complexity index is 572. The van der Waals surface area contributed by atoms with Crippen LogP contribution in [0.5, 0.6) is 0 Å². The van der Waals surface area contributed by atoms with E-state index in [2.05, 4.69) is 25.9 Å². The van der Waals surface area contributed by atoms with Crippen LogP contribution in [0.15, 0.2) is 32.4 Å². The van der Waals surface area contributed by atoms with Crippen molar-refractivity contribution in [1.82, 2.24) is 14.4 Å². The van der Waals surface area contributed by atoms with Gasteiger partial charge in [-0.25, -0.2) is 9.59 Å². The average molecular weight is 242 g/mol. The van der Waals surface area contributed by atoms with Crippen LogP contribution in [0.2, 0.25) is 0 Å². The molecular weight excluding hydrogens is 238 g/mol. The van der Waals surface area contributed by atoms with E-state index in [1.165, 1.54) is 4.40 Å². The van der Waals surface area contributed by atoms with Crippen molar-refractivity contribution >= 4 is 21.6 Å². The molecule has 0 atom stereocenters. The fourth-order valence-electron chi connectivity index (χ4n) is 1.00. The summed E-state index contributed by atoms with van der Waals surface area (Å²) in [6.07, 6.45) is 1.54. The van der Waals surface area contributed by atoms with E-state index in [1.54, 1.807) is 18.3 Å². The third-order valence-corrected chi connectivity index (χ3v) is 2.01. The van der Waals surface area contributed by atoms with Crippen LogP contribution in [0.3, 0.4) is 0 Å². The molecule has 0 saturated heterocycles. The lowest BCUT2D eigenvalue weighted by atomic mass is 10.5. The highest BCUT2D eigenvalue weighted by Gasteiger charge is 1.98. The van der Waals surface area contributed by atoms with Gasteiger partial charge in [0.2, 0.25) is 0 Å². The molecule has 0 aliphatic heterocycles. The fraction of sp³-hybridized carbons (Fsp3) is 0. The number of nitrogens with one attached hydrogen (secondary N) is 1. The molecule has 0 saturated carbocycles. The molecule has 2 aromatic rings. The van der Waals surface area contributed by atoms with Crippen LogP contribution >= 0.6 is 15.9 Å². The zero-order valence-electron chi connectivity index (χ0n) is 6.32. The van der Waals surface area contributed by atoms with Gasteiger partial charge in [-0.1, -0.05) is 0 Å². The van der Waals surface area contributed by atoms with Gasteiger partial charge in [0.05, 0.1) is 0 Å². The summed E-state index contributed by atoms with van der Waals surface area (Å²) in [7, 11) is 0. The Morgan fingerprint density at radius 3 is 2.92 bits per heavy atom. The summed E-state index contributed by atoms with van der Waals surface area (Å²) in [5, 5.41) is 0. The predicted octanol–water partition coefficient (Wildman–Crippen LogP) is 0.145. The summed E-state index contributed by atoms with van der Waals surface area (Å²) >= 11 is 3.21. The summed E-state index contributed by atoms with van der Waals surface area (Å²) in [6, 6.07) is 3.29. The summed E-state index contributed by atoms with van der Waals surface area (Å²) in [4.78, 5) is 27.7. The fourth-order valence-corrected chi connectivity index (χ4v) is 1.34. The number of halogens is 1. The van der Waals surface area contributed by atoms with E-state index in [0.717, 1.165) is 4.47 Å². The topological polar surface area (TPSA) is 67.2 Å². The lowest BCUT2D eigenvalue weighted by molar-refractivity contribution is 0.901. The van der Waals surface area contributed by atoms with Gasteiger partial charge in [0.25, 0.3) is 0 Å². The van der Waals surface area contributed by atoms with Gasteiger partial charge >= 0.3 is 11.4 Å². The average Bonchev–Trinajstić information content (AvgIpc) is 2.06. The number of aromatic amines is 1. The molecular formula is C7H4BrN3O2. The number of hydrogen-bond acceptors (Lipinski definition) is 3. The van der Waals surface area contributed by atoms with E-state index < -0.39 is 11.4 Å². The Labute approximate surface area is 80.2 Å². The molecule has 13 heavy (non-hydrogen) atoms. The number of fused-ring (bicyclic) bond motifs is 1. The van der Waals surface area contributed by atoms with Crippen LogP contribution in [0, 0.1) is 0 Å². The molecule has 0 amide bonds. The van der Waals surface area contributed by atoms with Crippen molar-refractivity contribution in [3.63, 3.8) is 0 Å². The maximum atomic E-state index is 11.2. The molecule has 2 aromatic heterocycles. The Morgan fingerprint density at radius 2 is 2.15 bits per heavy atom. The van der Waals surface area contributed by atoms with E-state index in [-0.39, 0.29) is 0 Å². The molecule has 0 fully saturated rings. The molecule has 0 bridgehead atoms. The van der Waals surface area contributed by atoms with Gasteiger partial charge in [-0.05, 0) is 28.1 Å². The highest BCUT2D eigenvalue weighted by Crippen LogP contribution is 2.07. The van der Waals surface area contributed by atoms with Crippen LogP contribution in [0.25, 0.3) is 5.65 Å². The van der Waals surface area contributed by atoms with Crippen LogP contribution in [0.4, 0.5) is 0 Å². The third kappa shape index (κ3) is 1.40. The van der Waals surface area contributed by atoms with E-state index >= 15 is 0 Å². The first-order valence-electron chi connectivity index (χ1n) is 3.45. The Morgan fingerprint density at radius 1 is 1.38 bits per heavy atom. The highest BCUT2D eigenvalue weighted by atomic mass is 79.9. The van der Waals surface area contributed by atoms with Crippen molar-refractivity contribution in [1.29, 1.82) is 0 Å². The molecule has 5 nitrogen and oxygen atoms in total. The molecule has 0 aliphatic carbocycles. The van der Waals surface area contributed by atoms with Crippen LogP contribution in [-0.4, -0.2) is 14.4 Å². The second-order valence-electron chi connectivity index (χ2n) is 2.42. The summed E-state index contributed by atoms with van der Waals surface area (Å²) in [5.41, 5.74) is -0.791. The molecule has 0 spiro atoms. The summed E-state index contributed by atoms with van der Waals surface area (Å²) < 4.78 is 2.00. The van der Waals surface area contributed by atoms with Gasteiger partial charge in [0, 0.05) is 10.7 Å². The number of hydrogen-bond donors (Lipinski definition) is 1. The third-order valence-electron chi connectivity index (χ3n) is 1.54. The van der Waals surface area contributed by atoms with Crippen LogP contribution in [-0.2, 0) is 0 Å². The summed E-state index contributed by atoms with van der Waals surface area (Å²) in [6.45, 7) is 0. The molecule has 0 aromatic carbocycles. The number of nitrogens with zero attached hydrogens (tertiary/aromatic N) is 2. The Kier molecular flexibility index (Phi) is 1.77. The van der Waals surface area contributed by atoms with E-state index in [1.807, 2.05) is 0 Å². The molecule has 66 valence electrons. The maximum Gasteiger partial charge on any atom is 0.351 e. The zero-order valence-corrected chi connectivity index (χ0v) is 7.91. The van der Waals surface area contributed by atoms with Crippen LogP contribution in [0.1, 0.15) is 0 Å². The molecule has 2 rings (SSSR count). The highest BCUT2D eigenvalue weighted by molar-refractivity contribution is 9.10. The van der Waals surface area contributed by atoms with Crippen molar-refractivity contribution in [2.24, 2.45) is 0 Å². The Hall–Kier alpha value is -1.43. The molecule has 1 N–H and O–H groups in total. The quantitative estimate of drug-likeness (QED) is 0.714. The molecule has 2 heterocycles. The second-order valence-corrected chi connectivity index (χ2v) is 3.34. The molecule has 0 radical (unpaired) electrons. The smallest absolute Gasteiger partial charge is 0.257 e. The van der Waals surface area contributed by atoms with E-state index in [0.29, 0.717) is 5.65 Å². The van der Waals surface area contributed by atoms with Gasteiger partial charge in [0.1, 0.15) is 5.65 Å². The van der Waals surface area contributed by atoms with E-state index in [9.17, 15) is 9.59 Å². The number of pyridine rings is 1. The van der Waals surface area contributed by atoms with E-state index in [4.69, 9.17) is 0 Å². The number of aromatic nitrogens is 3. The summed E-state index contributed by atoms with van der Waals surface area (Å²) in [5.74, 6) is 0.